The lowest BCUT2D eigenvalue weighted by molar-refractivity contribution is -0.129. The van der Waals surface area contributed by atoms with E-state index < -0.39 is 5.97 Å². The summed E-state index contributed by atoms with van der Waals surface area (Å²) in [5, 5.41) is 15.2. The number of hydrogen-bond acceptors (Lipinski definition) is 4. The van der Waals surface area contributed by atoms with Gasteiger partial charge in [-0.1, -0.05) is 23.4 Å². The van der Waals surface area contributed by atoms with Crippen LogP contribution in [0.5, 0.6) is 0 Å². The number of para-hydroxylation sites is 1. The summed E-state index contributed by atoms with van der Waals surface area (Å²) in [6.45, 7) is 2.54. The Morgan fingerprint density at radius 2 is 2.12 bits per heavy atom. The first-order chi connectivity index (χ1) is 8.20. The highest BCUT2D eigenvalue weighted by atomic mass is 16.6. The normalized spacial score (nSPS) is 11.0. The van der Waals surface area contributed by atoms with Crippen LogP contribution in [-0.4, -0.2) is 29.9 Å². The van der Waals surface area contributed by atoms with Crippen LogP contribution >= 0.6 is 0 Å². The van der Waals surface area contributed by atoms with Crippen molar-refractivity contribution in [2.75, 3.05) is 18.5 Å². The fraction of sp³-hybridized carbons (Fsp3) is 0.333. The highest BCUT2D eigenvalue weighted by Gasteiger charge is 2.00. The standard InChI is InChI=1S/C12H16N2O3/c1-10(12(15)16)14-17-9-5-8-13-11-6-3-2-4-7-11/h2-4,6-7,13H,5,8-9H2,1H3,(H,15,16)/b14-10-. The summed E-state index contributed by atoms with van der Waals surface area (Å²) in [5.74, 6) is -1.06. The lowest BCUT2D eigenvalue weighted by Crippen LogP contribution is -2.09. The maximum Gasteiger partial charge on any atom is 0.353 e. The summed E-state index contributed by atoms with van der Waals surface area (Å²) in [4.78, 5) is 15.2. The maximum atomic E-state index is 10.4. The molecule has 1 rings (SSSR count). The van der Waals surface area contributed by atoms with E-state index >= 15 is 0 Å². The van der Waals surface area contributed by atoms with Crippen LogP contribution in [0.15, 0.2) is 35.5 Å². The monoisotopic (exact) mass is 236 g/mol. The van der Waals surface area contributed by atoms with E-state index in [0.717, 1.165) is 18.7 Å². The number of carboxylic acid groups (broad SMARTS) is 1. The Hall–Kier alpha value is -2.04. The summed E-state index contributed by atoms with van der Waals surface area (Å²) in [7, 11) is 0. The largest absolute Gasteiger partial charge is 0.477 e. The first-order valence-electron chi connectivity index (χ1n) is 5.39. The number of anilines is 1. The Morgan fingerprint density at radius 3 is 2.76 bits per heavy atom. The summed E-state index contributed by atoms with van der Waals surface area (Å²) in [6, 6.07) is 9.83. The number of hydrogen-bond donors (Lipinski definition) is 2. The zero-order valence-electron chi connectivity index (χ0n) is 9.72. The zero-order chi connectivity index (χ0) is 12.5. The van der Waals surface area contributed by atoms with E-state index in [4.69, 9.17) is 9.94 Å². The molecule has 0 aliphatic heterocycles. The van der Waals surface area contributed by atoms with E-state index in [2.05, 4.69) is 10.5 Å². The van der Waals surface area contributed by atoms with Crippen molar-refractivity contribution in [1.82, 2.24) is 0 Å². The van der Waals surface area contributed by atoms with E-state index in [1.807, 2.05) is 30.3 Å². The van der Waals surface area contributed by atoms with Crippen LogP contribution in [0.25, 0.3) is 0 Å². The van der Waals surface area contributed by atoms with Gasteiger partial charge in [0, 0.05) is 18.7 Å². The van der Waals surface area contributed by atoms with E-state index in [0.29, 0.717) is 6.61 Å². The summed E-state index contributed by atoms with van der Waals surface area (Å²) < 4.78 is 0. The van der Waals surface area contributed by atoms with Crippen LogP contribution < -0.4 is 5.32 Å². The molecule has 17 heavy (non-hydrogen) atoms. The van der Waals surface area contributed by atoms with Gasteiger partial charge in [0.25, 0.3) is 0 Å². The second-order valence-electron chi connectivity index (χ2n) is 3.46. The summed E-state index contributed by atoms with van der Waals surface area (Å²) in [5.41, 5.74) is 1.01. The quantitative estimate of drug-likeness (QED) is 0.431. The summed E-state index contributed by atoms with van der Waals surface area (Å²) in [6.07, 6.45) is 0.755. The molecule has 0 bridgehead atoms. The molecule has 0 saturated heterocycles. The molecule has 0 aliphatic carbocycles. The van der Waals surface area contributed by atoms with Crippen LogP contribution in [0.1, 0.15) is 13.3 Å². The van der Waals surface area contributed by atoms with Crippen molar-refractivity contribution in [2.24, 2.45) is 5.16 Å². The van der Waals surface area contributed by atoms with Gasteiger partial charge in [0.2, 0.25) is 0 Å². The van der Waals surface area contributed by atoms with Crippen molar-refractivity contribution >= 4 is 17.4 Å². The number of oxime groups is 1. The minimum absolute atomic E-state index is 0.0407. The predicted octanol–water partition coefficient (Wildman–Crippen LogP) is 1.97. The zero-order valence-corrected chi connectivity index (χ0v) is 9.72. The summed E-state index contributed by atoms with van der Waals surface area (Å²) >= 11 is 0. The van der Waals surface area contributed by atoms with Crippen LogP contribution in [0.3, 0.4) is 0 Å². The van der Waals surface area contributed by atoms with E-state index in [-0.39, 0.29) is 5.71 Å². The third-order valence-corrected chi connectivity index (χ3v) is 2.03. The van der Waals surface area contributed by atoms with Crippen molar-refractivity contribution in [3.8, 4) is 0 Å². The molecule has 0 spiro atoms. The van der Waals surface area contributed by atoms with Gasteiger partial charge in [0.15, 0.2) is 5.71 Å². The van der Waals surface area contributed by atoms with Crippen LogP contribution in [0, 0.1) is 0 Å². The minimum Gasteiger partial charge on any atom is -0.477 e. The highest BCUT2D eigenvalue weighted by Crippen LogP contribution is 2.04. The SMILES string of the molecule is C/C(=N/OCCCNc1ccccc1)C(=O)O. The molecule has 5 heteroatoms. The molecule has 1 aromatic rings. The lowest BCUT2D eigenvalue weighted by Gasteiger charge is -2.05. The average Bonchev–Trinajstić information content (AvgIpc) is 2.34. The molecule has 0 amide bonds. The molecule has 0 saturated carbocycles. The molecule has 0 fully saturated rings. The Kier molecular flexibility index (Phi) is 5.57. The van der Waals surface area contributed by atoms with Gasteiger partial charge in [-0.3, -0.25) is 0 Å². The minimum atomic E-state index is -1.06. The van der Waals surface area contributed by atoms with Gasteiger partial charge in [0.05, 0.1) is 0 Å². The van der Waals surface area contributed by atoms with Crippen molar-refractivity contribution in [3.63, 3.8) is 0 Å². The van der Waals surface area contributed by atoms with Gasteiger partial charge in [0.1, 0.15) is 6.61 Å². The first kappa shape index (κ1) is 13.0. The molecule has 5 nitrogen and oxygen atoms in total. The molecule has 1 aromatic carbocycles. The average molecular weight is 236 g/mol. The third-order valence-electron chi connectivity index (χ3n) is 2.03. The fourth-order valence-electron chi connectivity index (χ4n) is 1.11. The topological polar surface area (TPSA) is 70.9 Å². The number of rotatable bonds is 7. The van der Waals surface area contributed by atoms with Crippen molar-refractivity contribution in [3.05, 3.63) is 30.3 Å². The smallest absolute Gasteiger partial charge is 0.353 e. The van der Waals surface area contributed by atoms with Gasteiger partial charge in [-0.05, 0) is 19.1 Å². The Balaban J connectivity index is 2.10. The molecule has 92 valence electrons. The predicted molar refractivity (Wildman–Crippen MR) is 66.2 cm³/mol. The number of aliphatic carboxylic acids is 1. The molecular weight excluding hydrogens is 220 g/mol. The fourth-order valence-corrected chi connectivity index (χ4v) is 1.11. The number of nitrogens with one attached hydrogen (secondary N) is 1. The molecule has 0 unspecified atom stereocenters. The van der Waals surface area contributed by atoms with Crippen molar-refractivity contribution in [1.29, 1.82) is 0 Å². The first-order valence-corrected chi connectivity index (χ1v) is 5.39. The molecule has 0 aliphatic rings. The molecule has 0 radical (unpaired) electrons. The Labute approximate surface area is 100 Å². The molecule has 0 heterocycles. The van der Waals surface area contributed by atoms with E-state index in [1.54, 1.807) is 0 Å². The number of carboxylic acids is 1. The van der Waals surface area contributed by atoms with Crippen LogP contribution in [0.2, 0.25) is 0 Å². The van der Waals surface area contributed by atoms with Gasteiger partial charge in [-0.2, -0.15) is 0 Å². The van der Waals surface area contributed by atoms with Gasteiger partial charge < -0.3 is 15.3 Å². The van der Waals surface area contributed by atoms with E-state index in [1.165, 1.54) is 6.92 Å². The number of nitrogens with zero attached hydrogens (tertiary/aromatic N) is 1. The van der Waals surface area contributed by atoms with E-state index in [9.17, 15) is 4.79 Å². The Bertz CT molecular complexity index is 377. The van der Waals surface area contributed by atoms with Gasteiger partial charge in [-0.15, -0.1) is 0 Å². The van der Waals surface area contributed by atoms with Crippen LogP contribution in [0.4, 0.5) is 5.69 Å². The second kappa shape index (κ2) is 7.27. The van der Waals surface area contributed by atoms with Crippen molar-refractivity contribution < 1.29 is 14.7 Å². The second-order valence-corrected chi connectivity index (χ2v) is 3.46. The number of carbonyl (C=O) groups is 1. The van der Waals surface area contributed by atoms with Gasteiger partial charge in [-0.25, -0.2) is 4.79 Å². The molecule has 0 aromatic heterocycles. The van der Waals surface area contributed by atoms with Gasteiger partial charge >= 0.3 is 5.97 Å². The number of benzene rings is 1. The molecule has 0 atom stereocenters. The van der Waals surface area contributed by atoms with Crippen molar-refractivity contribution in [2.45, 2.75) is 13.3 Å². The molecule has 2 N–H and O–H groups in total. The maximum absolute atomic E-state index is 10.4. The third kappa shape index (κ3) is 5.55. The molecular formula is C12H16N2O3. The Morgan fingerprint density at radius 1 is 1.41 bits per heavy atom. The highest BCUT2D eigenvalue weighted by molar-refractivity contribution is 6.34. The lowest BCUT2D eigenvalue weighted by atomic mass is 10.3. The van der Waals surface area contributed by atoms with Crippen LogP contribution in [-0.2, 0) is 9.63 Å².